The Bertz CT molecular complexity index is 325. The van der Waals surface area contributed by atoms with Crippen LogP contribution in [0.3, 0.4) is 0 Å². The fourth-order valence-electron chi connectivity index (χ4n) is 1.37. The summed E-state index contributed by atoms with van der Waals surface area (Å²) in [6.45, 7) is 7.44. The lowest BCUT2D eigenvalue weighted by atomic mass is 10.1. The summed E-state index contributed by atoms with van der Waals surface area (Å²) in [5, 5.41) is 3.30. The van der Waals surface area contributed by atoms with E-state index in [9.17, 15) is 0 Å². The Balaban J connectivity index is 2.64. The summed E-state index contributed by atoms with van der Waals surface area (Å²) < 4.78 is 0. The number of nitrogens with zero attached hydrogens (tertiary/aromatic N) is 2. The van der Waals surface area contributed by atoms with Crippen LogP contribution >= 0.6 is 0 Å². The molecule has 0 aliphatic carbocycles. The van der Waals surface area contributed by atoms with Crippen molar-refractivity contribution < 1.29 is 0 Å². The zero-order valence-corrected chi connectivity index (χ0v) is 10.5. The van der Waals surface area contributed by atoms with Crippen LogP contribution < -0.4 is 11.1 Å². The van der Waals surface area contributed by atoms with Crippen LogP contribution in [0.2, 0.25) is 0 Å². The first-order valence-electron chi connectivity index (χ1n) is 6.03. The number of nitrogens with two attached hydrogens (primary N) is 1. The van der Waals surface area contributed by atoms with Gasteiger partial charge in [0.15, 0.2) is 0 Å². The fourth-order valence-corrected chi connectivity index (χ4v) is 1.37. The van der Waals surface area contributed by atoms with Crippen molar-refractivity contribution in [1.82, 2.24) is 9.97 Å². The van der Waals surface area contributed by atoms with E-state index in [0.717, 1.165) is 37.4 Å². The molecule has 1 aromatic heterocycles. The van der Waals surface area contributed by atoms with E-state index in [2.05, 4.69) is 36.1 Å². The first-order valence-corrected chi connectivity index (χ1v) is 6.03. The highest BCUT2D eigenvalue weighted by Crippen LogP contribution is 2.11. The highest BCUT2D eigenvalue weighted by molar-refractivity contribution is 5.44. The van der Waals surface area contributed by atoms with E-state index < -0.39 is 0 Å². The van der Waals surface area contributed by atoms with E-state index >= 15 is 0 Å². The molecule has 1 atom stereocenters. The summed E-state index contributed by atoms with van der Waals surface area (Å²) in [6, 6.07) is 1.79. The lowest BCUT2D eigenvalue weighted by Crippen LogP contribution is -2.13. The molecule has 1 aromatic rings. The number of nitrogen functional groups attached to an aromatic ring is 1. The number of hydrogen-bond donors (Lipinski definition) is 2. The van der Waals surface area contributed by atoms with Gasteiger partial charge in [0, 0.05) is 19.0 Å². The lowest BCUT2D eigenvalue weighted by molar-refractivity contribution is 0.592. The summed E-state index contributed by atoms with van der Waals surface area (Å²) >= 11 is 0. The Labute approximate surface area is 97.7 Å². The summed E-state index contributed by atoms with van der Waals surface area (Å²) in [4.78, 5) is 8.62. The molecule has 0 saturated carbocycles. The van der Waals surface area contributed by atoms with E-state index in [-0.39, 0.29) is 0 Å². The van der Waals surface area contributed by atoms with Gasteiger partial charge in [-0.2, -0.15) is 0 Å². The van der Waals surface area contributed by atoms with Crippen molar-refractivity contribution in [2.45, 2.75) is 40.0 Å². The summed E-state index contributed by atoms with van der Waals surface area (Å²) in [7, 11) is 0. The zero-order chi connectivity index (χ0) is 12.0. The zero-order valence-electron chi connectivity index (χ0n) is 10.5. The summed E-state index contributed by atoms with van der Waals surface area (Å²) in [5.41, 5.74) is 5.74. The van der Waals surface area contributed by atoms with E-state index in [0.29, 0.717) is 11.7 Å². The number of anilines is 2. The molecule has 0 aliphatic heterocycles. The van der Waals surface area contributed by atoms with Crippen LogP contribution in [0.4, 0.5) is 11.6 Å². The van der Waals surface area contributed by atoms with Gasteiger partial charge in [-0.3, -0.25) is 0 Å². The van der Waals surface area contributed by atoms with Gasteiger partial charge in [-0.05, 0) is 12.3 Å². The molecule has 4 heteroatoms. The molecule has 0 bridgehead atoms. The second-order valence-electron chi connectivity index (χ2n) is 4.24. The molecule has 0 fully saturated rings. The van der Waals surface area contributed by atoms with Gasteiger partial charge in [0.25, 0.3) is 0 Å². The Morgan fingerprint density at radius 3 is 2.75 bits per heavy atom. The SMILES string of the molecule is CCCc1nc(N)cc(NCC(C)CC)n1. The highest BCUT2D eigenvalue weighted by atomic mass is 15.0. The van der Waals surface area contributed by atoms with Crippen molar-refractivity contribution in [2.24, 2.45) is 5.92 Å². The van der Waals surface area contributed by atoms with Crippen molar-refractivity contribution in [1.29, 1.82) is 0 Å². The quantitative estimate of drug-likeness (QED) is 0.776. The first kappa shape index (κ1) is 12.7. The largest absolute Gasteiger partial charge is 0.384 e. The van der Waals surface area contributed by atoms with Crippen LogP contribution in [0.5, 0.6) is 0 Å². The molecular formula is C12H22N4. The fraction of sp³-hybridized carbons (Fsp3) is 0.667. The number of aromatic nitrogens is 2. The predicted molar refractivity (Wildman–Crippen MR) is 68.4 cm³/mol. The number of aryl methyl sites for hydroxylation is 1. The predicted octanol–water partition coefficient (Wildman–Crippen LogP) is 2.47. The van der Waals surface area contributed by atoms with E-state index in [1.165, 1.54) is 0 Å². The number of hydrogen-bond acceptors (Lipinski definition) is 4. The monoisotopic (exact) mass is 222 g/mol. The molecule has 0 aliphatic rings. The molecule has 4 nitrogen and oxygen atoms in total. The molecule has 0 amide bonds. The average Bonchev–Trinajstić information content (AvgIpc) is 2.25. The standard InChI is InChI=1S/C12H22N4/c1-4-6-11-15-10(13)7-12(16-11)14-8-9(3)5-2/h7,9H,4-6,8H2,1-3H3,(H3,13,14,15,16). The third kappa shape index (κ3) is 4.04. The average molecular weight is 222 g/mol. The molecule has 3 N–H and O–H groups in total. The topological polar surface area (TPSA) is 63.8 Å². The first-order chi connectivity index (χ1) is 7.65. The summed E-state index contributed by atoms with van der Waals surface area (Å²) in [6.07, 6.45) is 3.08. The van der Waals surface area contributed by atoms with Crippen LogP contribution in [0.15, 0.2) is 6.07 Å². The minimum Gasteiger partial charge on any atom is -0.384 e. The number of nitrogens with one attached hydrogen (secondary N) is 1. The molecule has 1 unspecified atom stereocenters. The Kier molecular flexibility index (Phi) is 5.02. The maximum Gasteiger partial charge on any atom is 0.133 e. The summed E-state index contributed by atoms with van der Waals surface area (Å²) in [5.74, 6) is 2.86. The van der Waals surface area contributed by atoms with Crippen LogP contribution in [0, 0.1) is 5.92 Å². The van der Waals surface area contributed by atoms with Crippen LogP contribution in [0.25, 0.3) is 0 Å². The van der Waals surface area contributed by atoms with Crippen molar-refractivity contribution in [3.63, 3.8) is 0 Å². The van der Waals surface area contributed by atoms with Gasteiger partial charge in [0.1, 0.15) is 17.5 Å². The van der Waals surface area contributed by atoms with Gasteiger partial charge >= 0.3 is 0 Å². The van der Waals surface area contributed by atoms with Crippen LogP contribution in [-0.2, 0) is 6.42 Å². The molecular weight excluding hydrogens is 200 g/mol. The maximum atomic E-state index is 5.74. The minimum absolute atomic E-state index is 0.546. The molecule has 0 saturated heterocycles. The van der Waals surface area contributed by atoms with E-state index in [1.54, 1.807) is 6.07 Å². The van der Waals surface area contributed by atoms with E-state index in [4.69, 9.17) is 5.73 Å². The van der Waals surface area contributed by atoms with Gasteiger partial charge in [0.2, 0.25) is 0 Å². The highest BCUT2D eigenvalue weighted by Gasteiger charge is 2.03. The van der Waals surface area contributed by atoms with Crippen molar-refractivity contribution >= 4 is 11.6 Å². The Hall–Kier alpha value is -1.32. The molecule has 0 aromatic carbocycles. The Morgan fingerprint density at radius 2 is 2.12 bits per heavy atom. The van der Waals surface area contributed by atoms with Crippen LogP contribution in [-0.4, -0.2) is 16.5 Å². The maximum absolute atomic E-state index is 5.74. The van der Waals surface area contributed by atoms with Crippen LogP contribution in [0.1, 0.15) is 39.4 Å². The lowest BCUT2D eigenvalue weighted by Gasteiger charge is -2.11. The molecule has 90 valence electrons. The Morgan fingerprint density at radius 1 is 1.38 bits per heavy atom. The van der Waals surface area contributed by atoms with Gasteiger partial charge in [-0.1, -0.05) is 27.2 Å². The second kappa shape index (κ2) is 6.30. The third-order valence-corrected chi connectivity index (χ3v) is 2.59. The van der Waals surface area contributed by atoms with Crippen molar-refractivity contribution in [3.8, 4) is 0 Å². The molecule has 1 heterocycles. The molecule has 1 rings (SSSR count). The third-order valence-electron chi connectivity index (χ3n) is 2.59. The molecule has 16 heavy (non-hydrogen) atoms. The molecule has 0 radical (unpaired) electrons. The number of rotatable bonds is 6. The van der Waals surface area contributed by atoms with Crippen molar-refractivity contribution in [3.05, 3.63) is 11.9 Å². The minimum atomic E-state index is 0.546. The van der Waals surface area contributed by atoms with Crippen molar-refractivity contribution in [2.75, 3.05) is 17.6 Å². The smallest absolute Gasteiger partial charge is 0.133 e. The van der Waals surface area contributed by atoms with Gasteiger partial charge in [0.05, 0.1) is 0 Å². The molecule has 0 spiro atoms. The van der Waals surface area contributed by atoms with E-state index in [1.807, 2.05) is 0 Å². The van der Waals surface area contributed by atoms with Gasteiger partial charge < -0.3 is 11.1 Å². The van der Waals surface area contributed by atoms with Gasteiger partial charge in [-0.15, -0.1) is 0 Å². The second-order valence-corrected chi connectivity index (χ2v) is 4.24. The van der Waals surface area contributed by atoms with Gasteiger partial charge in [-0.25, -0.2) is 9.97 Å². The normalized spacial score (nSPS) is 12.4.